The average molecular weight is 437 g/mol. The summed E-state index contributed by atoms with van der Waals surface area (Å²) in [7, 11) is 0. The van der Waals surface area contributed by atoms with Crippen molar-refractivity contribution in [3.63, 3.8) is 0 Å². The van der Waals surface area contributed by atoms with Crippen LogP contribution in [-0.2, 0) is 14.3 Å². The van der Waals surface area contributed by atoms with Crippen LogP contribution in [0.1, 0.15) is 48.2 Å². The van der Waals surface area contributed by atoms with Crippen molar-refractivity contribution < 1.29 is 23.9 Å². The third-order valence-corrected chi connectivity index (χ3v) is 4.41. The number of nitrogen functional groups attached to an aromatic ring is 1. The molecule has 0 spiro atoms. The van der Waals surface area contributed by atoms with Gasteiger partial charge in [-0.15, -0.1) is 0 Å². The standard InChI is InChI=1S/C24H27N3O5/c1-3-31-21(28)5-4-14-27-23(29)16(2)15-17-6-8-19(9-7-17)24(30)32-20-12-10-18(11-13-20)22(25)26/h6-13,15H,3-5,14H2,1-2H3,(H3,25,26)(H,27,29)/b16-15+. The number of rotatable bonds is 10. The van der Waals surface area contributed by atoms with Gasteiger partial charge >= 0.3 is 11.9 Å². The maximum Gasteiger partial charge on any atom is 0.343 e. The Morgan fingerprint density at radius 2 is 1.66 bits per heavy atom. The second kappa shape index (κ2) is 12.0. The molecule has 0 bridgehead atoms. The van der Waals surface area contributed by atoms with Gasteiger partial charge in [0.2, 0.25) is 5.91 Å². The molecule has 0 aliphatic carbocycles. The van der Waals surface area contributed by atoms with Crippen molar-refractivity contribution in [2.24, 2.45) is 5.73 Å². The van der Waals surface area contributed by atoms with Gasteiger partial charge in [0.05, 0.1) is 12.2 Å². The predicted molar refractivity (Wildman–Crippen MR) is 121 cm³/mol. The Balaban J connectivity index is 1.88. The van der Waals surface area contributed by atoms with E-state index in [1.807, 2.05) is 0 Å². The summed E-state index contributed by atoms with van der Waals surface area (Å²) in [4.78, 5) is 35.8. The lowest BCUT2D eigenvalue weighted by Gasteiger charge is -2.07. The first-order chi connectivity index (χ1) is 15.3. The number of nitrogens with two attached hydrogens (primary N) is 1. The summed E-state index contributed by atoms with van der Waals surface area (Å²) < 4.78 is 10.2. The zero-order valence-corrected chi connectivity index (χ0v) is 18.1. The molecule has 0 unspecified atom stereocenters. The van der Waals surface area contributed by atoms with Gasteiger partial charge in [0.25, 0.3) is 0 Å². The van der Waals surface area contributed by atoms with Gasteiger partial charge in [0.15, 0.2) is 0 Å². The van der Waals surface area contributed by atoms with Gasteiger partial charge in [-0.1, -0.05) is 12.1 Å². The fourth-order valence-electron chi connectivity index (χ4n) is 2.71. The normalized spacial score (nSPS) is 10.9. The Bertz CT molecular complexity index is 995. The molecule has 2 aromatic rings. The summed E-state index contributed by atoms with van der Waals surface area (Å²) in [6.07, 6.45) is 2.47. The average Bonchev–Trinajstić information content (AvgIpc) is 2.77. The minimum Gasteiger partial charge on any atom is -0.466 e. The highest BCUT2D eigenvalue weighted by molar-refractivity contribution is 5.97. The first kappa shape index (κ1) is 24.3. The van der Waals surface area contributed by atoms with E-state index < -0.39 is 5.97 Å². The number of amidine groups is 1. The number of benzene rings is 2. The number of nitrogens with one attached hydrogen (secondary N) is 2. The maximum absolute atomic E-state index is 12.3. The van der Waals surface area contributed by atoms with E-state index in [0.29, 0.717) is 42.0 Å². The van der Waals surface area contributed by atoms with Crippen LogP contribution in [0, 0.1) is 5.41 Å². The van der Waals surface area contributed by atoms with Crippen LogP contribution in [0.3, 0.4) is 0 Å². The largest absolute Gasteiger partial charge is 0.466 e. The van der Waals surface area contributed by atoms with E-state index >= 15 is 0 Å². The summed E-state index contributed by atoms with van der Waals surface area (Å²) in [6, 6.07) is 13.0. The number of ether oxygens (including phenoxy) is 2. The van der Waals surface area contributed by atoms with Crippen molar-refractivity contribution in [2.75, 3.05) is 13.2 Å². The molecule has 2 aromatic carbocycles. The smallest absolute Gasteiger partial charge is 0.343 e. The van der Waals surface area contributed by atoms with E-state index in [4.69, 9.17) is 20.6 Å². The third-order valence-electron chi connectivity index (χ3n) is 4.41. The second-order valence-corrected chi connectivity index (χ2v) is 6.94. The van der Waals surface area contributed by atoms with Gasteiger partial charge in [0, 0.05) is 24.1 Å². The lowest BCUT2D eigenvalue weighted by molar-refractivity contribution is -0.143. The minimum absolute atomic E-state index is 0.0628. The molecule has 8 heteroatoms. The molecule has 32 heavy (non-hydrogen) atoms. The minimum atomic E-state index is -0.521. The van der Waals surface area contributed by atoms with Gasteiger partial charge < -0.3 is 20.5 Å². The van der Waals surface area contributed by atoms with E-state index in [2.05, 4.69) is 5.32 Å². The fourth-order valence-corrected chi connectivity index (χ4v) is 2.71. The Hall–Kier alpha value is -3.94. The third kappa shape index (κ3) is 7.71. The molecule has 168 valence electrons. The van der Waals surface area contributed by atoms with Crippen LogP contribution >= 0.6 is 0 Å². The van der Waals surface area contributed by atoms with Gasteiger partial charge in [-0.3, -0.25) is 15.0 Å². The first-order valence-corrected chi connectivity index (χ1v) is 10.2. The van der Waals surface area contributed by atoms with Crippen molar-refractivity contribution >= 4 is 29.8 Å². The Kier molecular flexibility index (Phi) is 9.16. The van der Waals surface area contributed by atoms with Crippen molar-refractivity contribution in [1.29, 1.82) is 5.41 Å². The predicted octanol–water partition coefficient (Wildman–Crippen LogP) is 3.05. The fraction of sp³-hybridized carbons (Fsp3) is 0.250. The molecule has 4 N–H and O–H groups in total. The second-order valence-electron chi connectivity index (χ2n) is 6.94. The highest BCUT2D eigenvalue weighted by atomic mass is 16.5. The maximum atomic E-state index is 12.3. The molecule has 0 radical (unpaired) electrons. The zero-order chi connectivity index (χ0) is 23.5. The lowest BCUT2D eigenvalue weighted by Crippen LogP contribution is -2.25. The number of esters is 2. The lowest BCUT2D eigenvalue weighted by atomic mass is 10.1. The van der Waals surface area contributed by atoms with Crippen LogP contribution in [0.25, 0.3) is 6.08 Å². The molecule has 0 aliphatic heterocycles. The van der Waals surface area contributed by atoms with E-state index in [0.717, 1.165) is 5.56 Å². The quantitative estimate of drug-likeness (QED) is 0.131. The molecule has 8 nitrogen and oxygen atoms in total. The van der Waals surface area contributed by atoms with Gasteiger partial charge in [0.1, 0.15) is 11.6 Å². The SMILES string of the molecule is CCOC(=O)CCCNC(=O)/C(C)=C/c1ccc(C(=O)Oc2ccc(C(=N)N)cc2)cc1. The Morgan fingerprint density at radius 3 is 2.25 bits per heavy atom. The van der Waals surface area contributed by atoms with E-state index in [1.54, 1.807) is 68.5 Å². The Labute approximate surface area is 186 Å². The summed E-state index contributed by atoms with van der Waals surface area (Å²) in [5, 5.41) is 10.1. The van der Waals surface area contributed by atoms with E-state index in [-0.39, 0.29) is 24.1 Å². The number of hydrogen-bond donors (Lipinski definition) is 3. The molecular formula is C24H27N3O5. The van der Waals surface area contributed by atoms with Crippen molar-refractivity contribution in [3.8, 4) is 5.75 Å². The van der Waals surface area contributed by atoms with Crippen LogP contribution in [-0.4, -0.2) is 36.8 Å². The molecule has 0 saturated heterocycles. The summed E-state index contributed by atoms with van der Waals surface area (Å²) in [6.45, 7) is 4.16. The first-order valence-electron chi connectivity index (χ1n) is 10.2. The highest BCUT2D eigenvalue weighted by Gasteiger charge is 2.10. The monoisotopic (exact) mass is 437 g/mol. The van der Waals surface area contributed by atoms with Crippen molar-refractivity contribution in [2.45, 2.75) is 26.7 Å². The molecule has 2 rings (SSSR count). The molecule has 0 atom stereocenters. The molecule has 0 heterocycles. The van der Waals surface area contributed by atoms with Crippen molar-refractivity contribution in [3.05, 3.63) is 70.8 Å². The van der Waals surface area contributed by atoms with Gasteiger partial charge in [-0.05, 0) is 68.3 Å². The number of amides is 1. The van der Waals surface area contributed by atoms with E-state index in [1.165, 1.54) is 0 Å². The van der Waals surface area contributed by atoms with Gasteiger partial charge in [-0.25, -0.2) is 4.79 Å². The molecule has 0 aromatic heterocycles. The molecular weight excluding hydrogens is 410 g/mol. The molecule has 0 aliphatic rings. The van der Waals surface area contributed by atoms with E-state index in [9.17, 15) is 14.4 Å². The summed E-state index contributed by atoms with van der Waals surface area (Å²) in [5.41, 5.74) is 7.56. The number of carbonyl (C=O) groups is 3. The molecule has 0 saturated carbocycles. The van der Waals surface area contributed by atoms with Crippen LogP contribution < -0.4 is 15.8 Å². The zero-order valence-electron chi connectivity index (χ0n) is 18.1. The molecule has 0 fully saturated rings. The van der Waals surface area contributed by atoms with Crippen LogP contribution in [0.15, 0.2) is 54.1 Å². The number of carbonyl (C=O) groups excluding carboxylic acids is 3. The van der Waals surface area contributed by atoms with Crippen LogP contribution in [0.2, 0.25) is 0 Å². The van der Waals surface area contributed by atoms with Crippen LogP contribution in [0.5, 0.6) is 5.75 Å². The van der Waals surface area contributed by atoms with Gasteiger partial charge in [-0.2, -0.15) is 0 Å². The van der Waals surface area contributed by atoms with Crippen LogP contribution in [0.4, 0.5) is 0 Å². The highest BCUT2D eigenvalue weighted by Crippen LogP contribution is 2.15. The summed E-state index contributed by atoms with van der Waals surface area (Å²) >= 11 is 0. The number of hydrogen-bond acceptors (Lipinski definition) is 6. The molecule has 1 amide bonds. The topological polar surface area (TPSA) is 132 Å². The summed E-state index contributed by atoms with van der Waals surface area (Å²) in [5.74, 6) is -0.745. The van der Waals surface area contributed by atoms with Crippen molar-refractivity contribution in [1.82, 2.24) is 5.32 Å². The Morgan fingerprint density at radius 1 is 1.03 bits per heavy atom.